The SMILES string of the molecule is CC(C)C(CNC(C)(CN)Cc1ccccc1F)C(C)C. The zero-order valence-electron chi connectivity index (χ0n) is 14.1. The van der Waals surface area contributed by atoms with E-state index in [0.29, 0.717) is 30.7 Å². The molecular formula is C18H31FN2. The van der Waals surface area contributed by atoms with Gasteiger partial charge in [-0.3, -0.25) is 0 Å². The summed E-state index contributed by atoms with van der Waals surface area (Å²) in [6, 6.07) is 6.95. The third-order valence-electron chi connectivity index (χ3n) is 4.47. The van der Waals surface area contributed by atoms with Crippen molar-refractivity contribution in [2.45, 2.75) is 46.6 Å². The molecule has 0 aromatic heterocycles. The minimum absolute atomic E-state index is 0.150. The first-order chi connectivity index (χ1) is 9.79. The van der Waals surface area contributed by atoms with Gasteiger partial charge in [-0.25, -0.2) is 4.39 Å². The summed E-state index contributed by atoms with van der Waals surface area (Å²) in [4.78, 5) is 0. The third-order valence-corrected chi connectivity index (χ3v) is 4.47. The summed E-state index contributed by atoms with van der Waals surface area (Å²) in [7, 11) is 0. The van der Waals surface area contributed by atoms with Crippen LogP contribution in [0.4, 0.5) is 4.39 Å². The van der Waals surface area contributed by atoms with Crippen molar-refractivity contribution in [3.63, 3.8) is 0 Å². The van der Waals surface area contributed by atoms with Crippen LogP contribution in [-0.2, 0) is 6.42 Å². The van der Waals surface area contributed by atoms with Crippen LogP contribution in [-0.4, -0.2) is 18.6 Å². The molecule has 0 saturated heterocycles. The van der Waals surface area contributed by atoms with Gasteiger partial charge in [-0.15, -0.1) is 0 Å². The predicted molar refractivity (Wildman–Crippen MR) is 88.7 cm³/mol. The molecule has 0 bridgehead atoms. The molecule has 0 radical (unpaired) electrons. The van der Waals surface area contributed by atoms with E-state index < -0.39 is 0 Å². The van der Waals surface area contributed by atoms with Crippen molar-refractivity contribution in [1.29, 1.82) is 0 Å². The third kappa shape index (κ3) is 5.40. The highest BCUT2D eigenvalue weighted by Crippen LogP contribution is 2.22. The van der Waals surface area contributed by atoms with Crippen molar-refractivity contribution in [2.75, 3.05) is 13.1 Å². The van der Waals surface area contributed by atoms with Crippen LogP contribution in [0.5, 0.6) is 0 Å². The maximum Gasteiger partial charge on any atom is 0.126 e. The molecule has 3 heteroatoms. The zero-order chi connectivity index (χ0) is 16.0. The minimum atomic E-state index is -0.274. The van der Waals surface area contributed by atoms with E-state index in [4.69, 9.17) is 5.73 Å². The van der Waals surface area contributed by atoms with Gasteiger partial charge in [0.1, 0.15) is 5.82 Å². The number of halogens is 1. The Morgan fingerprint density at radius 2 is 1.71 bits per heavy atom. The van der Waals surface area contributed by atoms with Crippen molar-refractivity contribution < 1.29 is 4.39 Å². The van der Waals surface area contributed by atoms with E-state index in [9.17, 15) is 4.39 Å². The molecule has 1 aromatic rings. The highest BCUT2D eigenvalue weighted by atomic mass is 19.1. The van der Waals surface area contributed by atoms with Crippen LogP contribution in [0, 0.1) is 23.6 Å². The van der Waals surface area contributed by atoms with E-state index in [0.717, 1.165) is 12.1 Å². The van der Waals surface area contributed by atoms with Gasteiger partial charge in [-0.05, 0) is 49.3 Å². The monoisotopic (exact) mass is 294 g/mol. The van der Waals surface area contributed by atoms with E-state index in [1.807, 2.05) is 12.1 Å². The second-order valence-electron chi connectivity index (χ2n) is 7.07. The number of rotatable bonds is 8. The summed E-state index contributed by atoms with van der Waals surface area (Å²) in [5, 5.41) is 3.59. The maximum absolute atomic E-state index is 13.8. The molecule has 1 unspecified atom stereocenters. The second kappa shape index (κ2) is 7.90. The van der Waals surface area contributed by atoms with Crippen molar-refractivity contribution >= 4 is 0 Å². The predicted octanol–water partition coefficient (Wildman–Crippen LogP) is 3.60. The lowest BCUT2D eigenvalue weighted by atomic mass is 9.84. The van der Waals surface area contributed by atoms with Crippen molar-refractivity contribution in [1.82, 2.24) is 5.32 Å². The van der Waals surface area contributed by atoms with E-state index in [1.165, 1.54) is 6.07 Å². The van der Waals surface area contributed by atoms with Crippen LogP contribution in [0.15, 0.2) is 24.3 Å². The van der Waals surface area contributed by atoms with E-state index in [1.54, 1.807) is 6.07 Å². The Balaban J connectivity index is 2.74. The van der Waals surface area contributed by atoms with Crippen molar-refractivity contribution in [2.24, 2.45) is 23.5 Å². The van der Waals surface area contributed by atoms with Gasteiger partial charge in [0.25, 0.3) is 0 Å². The highest BCUT2D eigenvalue weighted by molar-refractivity contribution is 5.20. The lowest BCUT2D eigenvalue weighted by Gasteiger charge is -2.34. The molecule has 0 aliphatic carbocycles. The Labute approximate surface area is 129 Å². The Hall–Kier alpha value is -0.930. The molecule has 1 rings (SSSR count). The molecular weight excluding hydrogens is 263 g/mol. The summed E-state index contributed by atoms with van der Waals surface area (Å²) in [6.45, 7) is 12.5. The minimum Gasteiger partial charge on any atom is -0.329 e. The van der Waals surface area contributed by atoms with E-state index in [2.05, 4.69) is 39.9 Å². The van der Waals surface area contributed by atoms with Gasteiger partial charge in [0.05, 0.1) is 0 Å². The van der Waals surface area contributed by atoms with Gasteiger partial charge in [0, 0.05) is 12.1 Å². The summed E-state index contributed by atoms with van der Waals surface area (Å²) in [5.74, 6) is 1.68. The van der Waals surface area contributed by atoms with E-state index >= 15 is 0 Å². The Morgan fingerprint density at radius 3 is 2.19 bits per heavy atom. The van der Waals surface area contributed by atoms with Gasteiger partial charge in [0.15, 0.2) is 0 Å². The smallest absolute Gasteiger partial charge is 0.126 e. The van der Waals surface area contributed by atoms with Gasteiger partial charge in [0.2, 0.25) is 0 Å². The molecule has 120 valence electrons. The quantitative estimate of drug-likeness (QED) is 0.769. The molecule has 0 saturated carbocycles. The largest absolute Gasteiger partial charge is 0.329 e. The summed E-state index contributed by atoms with van der Waals surface area (Å²) in [6.07, 6.45) is 0.610. The Morgan fingerprint density at radius 1 is 1.14 bits per heavy atom. The standard InChI is InChI=1S/C18H31FN2/c1-13(2)16(14(3)4)11-21-18(5,12-20)10-15-8-6-7-9-17(15)19/h6-9,13-14,16,21H,10-12,20H2,1-5H3. The molecule has 0 aliphatic rings. The second-order valence-corrected chi connectivity index (χ2v) is 7.07. The molecule has 0 aliphatic heterocycles. The van der Waals surface area contributed by atoms with Gasteiger partial charge in [-0.2, -0.15) is 0 Å². The van der Waals surface area contributed by atoms with Gasteiger partial charge >= 0.3 is 0 Å². The molecule has 1 atom stereocenters. The molecule has 0 amide bonds. The average molecular weight is 294 g/mol. The summed E-state index contributed by atoms with van der Waals surface area (Å²) >= 11 is 0. The number of benzene rings is 1. The molecule has 21 heavy (non-hydrogen) atoms. The van der Waals surface area contributed by atoms with Crippen LogP contribution in [0.25, 0.3) is 0 Å². The van der Waals surface area contributed by atoms with Crippen LogP contribution in [0.1, 0.15) is 40.2 Å². The fraction of sp³-hybridized carbons (Fsp3) is 0.667. The van der Waals surface area contributed by atoms with Crippen LogP contribution < -0.4 is 11.1 Å². The fourth-order valence-electron chi connectivity index (χ4n) is 2.87. The Bertz CT molecular complexity index is 423. The first kappa shape index (κ1) is 18.1. The molecule has 0 fully saturated rings. The summed E-state index contributed by atoms with van der Waals surface area (Å²) in [5.41, 5.74) is 6.41. The molecule has 0 heterocycles. The van der Waals surface area contributed by atoms with Crippen molar-refractivity contribution in [3.05, 3.63) is 35.6 Å². The first-order valence-electron chi connectivity index (χ1n) is 7.97. The zero-order valence-corrected chi connectivity index (χ0v) is 14.1. The topological polar surface area (TPSA) is 38.0 Å². The van der Waals surface area contributed by atoms with Gasteiger partial charge < -0.3 is 11.1 Å². The fourth-order valence-corrected chi connectivity index (χ4v) is 2.87. The van der Waals surface area contributed by atoms with Crippen LogP contribution >= 0.6 is 0 Å². The number of hydrogen-bond donors (Lipinski definition) is 2. The normalized spacial score (nSPS) is 15.0. The summed E-state index contributed by atoms with van der Waals surface area (Å²) < 4.78 is 13.8. The van der Waals surface area contributed by atoms with Gasteiger partial charge in [-0.1, -0.05) is 45.9 Å². The lowest BCUT2D eigenvalue weighted by Crippen LogP contribution is -2.52. The van der Waals surface area contributed by atoms with Crippen molar-refractivity contribution in [3.8, 4) is 0 Å². The highest BCUT2D eigenvalue weighted by Gasteiger charge is 2.26. The molecule has 0 spiro atoms. The van der Waals surface area contributed by atoms with E-state index in [-0.39, 0.29) is 11.4 Å². The average Bonchev–Trinajstić information content (AvgIpc) is 2.41. The molecule has 2 nitrogen and oxygen atoms in total. The number of hydrogen-bond acceptors (Lipinski definition) is 2. The molecule has 1 aromatic carbocycles. The number of nitrogens with two attached hydrogens (primary N) is 1. The first-order valence-corrected chi connectivity index (χ1v) is 7.97. The molecule has 3 N–H and O–H groups in total. The Kier molecular flexibility index (Phi) is 6.82. The van der Waals surface area contributed by atoms with Crippen LogP contribution in [0.3, 0.4) is 0 Å². The lowest BCUT2D eigenvalue weighted by molar-refractivity contribution is 0.237. The number of nitrogens with one attached hydrogen (secondary N) is 1. The van der Waals surface area contributed by atoms with Crippen LogP contribution in [0.2, 0.25) is 0 Å². The maximum atomic E-state index is 13.8.